The largest absolute Gasteiger partial charge is 0.388 e. The third kappa shape index (κ3) is 3.08. The van der Waals surface area contributed by atoms with Crippen LogP contribution in [-0.2, 0) is 0 Å². The molecule has 1 aliphatic carbocycles. The van der Waals surface area contributed by atoms with Gasteiger partial charge in [0.15, 0.2) is 0 Å². The lowest BCUT2D eigenvalue weighted by Gasteiger charge is -2.38. The highest BCUT2D eigenvalue weighted by atomic mass is 16.3. The third-order valence-corrected chi connectivity index (χ3v) is 4.37. The Morgan fingerprint density at radius 3 is 2.17 bits per heavy atom. The maximum atomic E-state index is 10.4. The van der Waals surface area contributed by atoms with Crippen molar-refractivity contribution in [2.24, 2.45) is 17.3 Å². The summed E-state index contributed by atoms with van der Waals surface area (Å²) in [7, 11) is 0. The molecule has 0 saturated heterocycles. The summed E-state index contributed by atoms with van der Waals surface area (Å²) in [5.74, 6) is 1.16. The second-order valence-corrected chi connectivity index (χ2v) is 6.59. The fraction of sp³-hybridized carbons (Fsp3) is 0.733. The van der Waals surface area contributed by atoms with E-state index in [1.54, 1.807) is 12.4 Å². The average molecular weight is 248 g/mol. The highest BCUT2D eigenvalue weighted by Crippen LogP contribution is 2.43. The van der Waals surface area contributed by atoms with Gasteiger partial charge in [-0.15, -0.1) is 0 Å². The van der Waals surface area contributed by atoms with E-state index in [-0.39, 0.29) is 0 Å². The molecule has 3 nitrogen and oxygen atoms in total. The molecule has 18 heavy (non-hydrogen) atoms. The van der Waals surface area contributed by atoms with Crippen molar-refractivity contribution in [1.82, 2.24) is 9.97 Å². The molecule has 1 aliphatic rings. The molecule has 1 fully saturated rings. The monoisotopic (exact) mass is 248 g/mol. The molecule has 1 aromatic rings. The second-order valence-electron chi connectivity index (χ2n) is 6.59. The van der Waals surface area contributed by atoms with Crippen molar-refractivity contribution < 1.29 is 5.11 Å². The quantitative estimate of drug-likeness (QED) is 0.873. The Labute approximate surface area is 110 Å². The Morgan fingerprint density at radius 2 is 1.67 bits per heavy atom. The van der Waals surface area contributed by atoms with Crippen molar-refractivity contribution >= 4 is 0 Å². The van der Waals surface area contributed by atoms with Gasteiger partial charge in [-0.2, -0.15) is 0 Å². The summed E-state index contributed by atoms with van der Waals surface area (Å²) in [4.78, 5) is 7.97. The molecule has 1 atom stereocenters. The molecular formula is C15H24N2O. The zero-order valence-corrected chi connectivity index (χ0v) is 11.6. The normalized spacial score (nSPS) is 26.9. The van der Waals surface area contributed by atoms with Gasteiger partial charge in [0.05, 0.1) is 6.10 Å². The Bertz CT molecular complexity index is 364. The Balaban J connectivity index is 1.94. The minimum atomic E-state index is -0.396. The van der Waals surface area contributed by atoms with E-state index in [4.69, 9.17) is 0 Å². The van der Waals surface area contributed by atoms with Crippen molar-refractivity contribution in [2.45, 2.75) is 52.6 Å². The van der Waals surface area contributed by atoms with Crippen LogP contribution in [0, 0.1) is 17.3 Å². The summed E-state index contributed by atoms with van der Waals surface area (Å²) in [5, 5.41) is 10.4. The Hall–Kier alpha value is -0.960. The first-order valence-electron chi connectivity index (χ1n) is 6.91. The number of nitrogens with zero attached hydrogens (tertiary/aromatic N) is 2. The fourth-order valence-corrected chi connectivity index (χ4v) is 3.04. The van der Waals surface area contributed by atoms with E-state index < -0.39 is 6.10 Å². The first-order chi connectivity index (χ1) is 8.48. The maximum absolute atomic E-state index is 10.4. The number of aliphatic hydroxyl groups excluding tert-OH is 1. The van der Waals surface area contributed by atoms with Gasteiger partial charge in [-0.1, -0.05) is 20.8 Å². The summed E-state index contributed by atoms with van der Waals surface area (Å²) in [6.45, 7) is 6.96. The van der Waals surface area contributed by atoms with Crippen LogP contribution >= 0.6 is 0 Å². The molecule has 2 rings (SSSR count). The minimum absolute atomic E-state index is 0.370. The summed E-state index contributed by atoms with van der Waals surface area (Å²) >= 11 is 0. The number of hydrogen-bond acceptors (Lipinski definition) is 3. The smallest absolute Gasteiger partial charge is 0.115 e. The first kappa shape index (κ1) is 13.5. The van der Waals surface area contributed by atoms with Crippen LogP contribution in [0.4, 0.5) is 0 Å². The second kappa shape index (κ2) is 5.35. The van der Waals surface area contributed by atoms with Gasteiger partial charge in [0, 0.05) is 18.0 Å². The van der Waals surface area contributed by atoms with Gasteiger partial charge in [0.25, 0.3) is 0 Å². The van der Waals surface area contributed by atoms with Gasteiger partial charge < -0.3 is 5.11 Å². The molecule has 0 bridgehead atoms. The first-order valence-corrected chi connectivity index (χ1v) is 6.91. The van der Waals surface area contributed by atoms with E-state index in [1.807, 2.05) is 0 Å². The van der Waals surface area contributed by atoms with Crippen molar-refractivity contribution in [3.05, 3.63) is 24.3 Å². The molecule has 0 radical (unpaired) electrons. The highest BCUT2D eigenvalue weighted by Gasteiger charge is 2.32. The number of rotatable bonds is 2. The Morgan fingerprint density at radius 1 is 1.11 bits per heavy atom. The molecule has 0 spiro atoms. The van der Waals surface area contributed by atoms with Crippen LogP contribution in [0.3, 0.4) is 0 Å². The lowest BCUT2D eigenvalue weighted by Crippen LogP contribution is -2.28. The molecule has 1 heterocycles. The summed E-state index contributed by atoms with van der Waals surface area (Å²) in [5.41, 5.74) is 1.25. The number of aromatic nitrogens is 2. The third-order valence-electron chi connectivity index (χ3n) is 4.37. The SMILES string of the molecule is CC(C)(C)C1CCC(C(O)c2cncnc2)CC1. The molecule has 0 aliphatic heterocycles. The summed E-state index contributed by atoms with van der Waals surface area (Å²) < 4.78 is 0. The van der Waals surface area contributed by atoms with E-state index in [1.165, 1.54) is 19.2 Å². The molecule has 0 aromatic carbocycles. The molecule has 1 aromatic heterocycles. The van der Waals surface area contributed by atoms with Crippen LogP contribution in [-0.4, -0.2) is 15.1 Å². The Kier molecular flexibility index (Phi) is 4.00. The van der Waals surface area contributed by atoms with Gasteiger partial charge in [-0.25, -0.2) is 9.97 Å². The highest BCUT2D eigenvalue weighted by molar-refractivity contribution is 5.08. The van der Waals surface area contributed by atoms with Crippen molar-refractivity contribution in [3.63, 3.8) is 0 Å². The van der Waals surface area contributed by atoms with Crippen LogP contribution in [0.2, 0.25) is 0 Å². The predicted molar refractivity (Wildman–Crippen MR) is 71.9 cm³/mol. The van der Waals surface area contributed by atoms with Crippen molar-refractivity contribution in [1.29, 1.82) is 0 Å². The van der Waals surface area contributed by atoms with Crippen LogP contribution in [0.15, 0.2) is 18.7 Å². The van der Waals surface area contributed by atoms with Gasteiger partial charge in [0.1, 0.15) is 6.33 Å². The van der Waals surface area contributed by atoms with E-state index in [9.17, 15) is 5.11 Å². The molecule has 3 heteroatoms. The van der Waals surface area contributed by atoms with E-state index in [0.29, 0.717) is 11.3 Å². The summed E-state index contributed by atoms with van der Waals surface area (Å²) in [6.07, 6.45) is 9.23. The standard InChI is InChI=1S/C15H24N2O/c1-15(2,3)13-6-4-11(5-7-13)14(18)12-8-16-10-17-9-12/h8-11,13-14,18H,4-7H2,1-3H3. The minimum Gasteiger partial charge on any atom is -0.388 e. The van der Waals surface area contributed by atoms with E-state index >= 15 is 0 Å². The molecule has 100 valence electrons. The maximum Gasteiger partial charge on any atom is 0.115 e. The van der Waals surface area contributed by atoms with Crippen LogP contribution < -0.4 is 0 Å². The lowest BCUT2D eigenvalue weighted by molar-refractivity contribution is 0.0524. The molecule has 0 amide bonds. The average Bonchev–Trinajstić information content (AvgIpc) is 2.38. The molecule has 1 unspecified atom stereocenters. The van der Waals surface area contributed by atoms with Gasteiger partial charge in [0.2, 0.25) is 0 Å². The molecule has 1 saturated carbocycles. The zero-order valence-electron chi connectivity index (χ0n) is 11.6. The van der Waals surface area contributed by atoms with E-state index in [2.05, 4.69) is 30.7 Å². The van der Waals surface area contributed by atoms with Crippen molar-refractivity contribution in [2.75, 3.05) is 0 Å². The molecular weight excluding hydrogens is 224 g/mol. The van der Waals surface area contributed by atoms with Crippen LogP contribution in [0.1, 0.15) is 58.1 Å². The topological polar surface area (TPSA) is 46.0 Å². The van der Waals surface area contributed by atoms with Gasteiger partial charge in [-0.05, 0) is 42.9 Å². The summed E-state index contributed by atoms with van der Waals surface area (Å²) in [6, 6.07) is 0. The van der Waals surface area contributed by atoms with Crippen LogP contribution in [0.5, 0.6) is 0 Å². The van der Waals surface area contributed by atoms with Gasteiger partial charge in [-0.3, -0.25) is 0 Å². The zero-order chi connectivity index (χ0) is 13.2. The predicted octanol–water partition coefficient (Wildman–Crippen LogP) is 3.36. The van der Waals surface area contributed by atoms with E-state index in [0.717, 1.165) is 24.3 Å². The van der Waals surface area contributed by atoms with Gasteiger partial charge >= 0.3 is 0 Å². The molecule has 1 N–H and O–H groups in total. The number of aliphatic hydroxyl groups is 1. The van der Waals surface area contributed by atoms with Crippen LogP contribution in [0.25, 0.3) is 0 Å². The fourth-order valence-electron chi connectivity index (χ4n) is 3.04. The van der Waals surface area contributed by atoms with Crippen molar-refractivity contribution in [3.8, 4) is 0 Å². The lowest BCUT2D eigenvalue weighted by atomic mass is 9.68. The number of hydrogen-bond donors (Lipinski definition) is 1.